The van der Waals surface area contributed by atoms with Crippen LogP contribution >= 0.6 is 0 Å². The van der Waals surface area contributed by atoms with Crippen LogP contribution in [-0.4, -0.2) is 31.1 Å². The maximum Gasteiger partial charge on any atom is 0.0449 e. The first-order valence-electron chi connectivity index (χ1n) is 6.32. The Labute approximate surface area is 99.7 Å². The molecule has 1 atom stereocenters. The maximum absolute atomic E-state index is 3.56. The van der Waals surface area contributed by atoms with E-state index in [1.165, 1.54) is 5.56 Å². The third-order valence-electron chi connectivity index (χ3n) is 2.99. The van der Waals surface area contributed by atoms with Crippen molar-refractivity contribution in [2.75, 3.05) is 26.2 Å². The quantitative estimate of drug-likeness (QED) is 0.760. The summed E-state index contributed by atoms with van der Waals surface area (Å²) in [4.78, 5) is 2.46. The van der Waals surface area contributed by atoms with Crippen LogP contribution in [0.1, 0.15) is 32.4 Å². The van der Waals surface area contributed by atoms with Crippen LogP contribution in [-0.2, 0) is 0 Å². The van der Waals surface area contributed by atoms with Gasteiger partial charge in [0.05, 0.1) is 0 Å². The Bertz CT molecular complexity index is 267. The van der Waals surface area contributed by atoms with Gasteiger partial charge in [-0.15, -0.1) is 0 Å². The number of hydrogen-bond donors (Lipinski definition) is 1. The van der Waals surface area contributed by atoms with Crippen molar-refractivity contribution in [2.24, 2.45) is 0 Å². The molecule has 16 heavy (non-hydrogen) atoms. The summed E-state index contributed by atoms with van der Waals surface area (Å²) in [6.45, 7) is 10.9. The van der Waals surface area contributed by atoms with Gasteiger partial charge < -0.3 is 10.2 Å². The van der Waals surface area contributed by atoms with E-state index in [-0.39, 0.29) is 0 Å². The molecule has 0 aromatic heterocycles. The van der Waals surface area contributed by atoms with E-state index in [1.807, 2.05) is 0 Å². The fourth-order valence-corrected chi connectivity index (χ4v) is 1.96. The highest BCUT2D eigenvalue weighted by molar-refractivity contribution is 5.19. The topological polar surface area (TPSA) is 15.3 Å². The monoisotopic (exact) mass is 220 g/mol. The Morgan fingerprint density at radius 3 is 2.19 bits per heavy atom. The van der Waals surface area contributed by atoms with Gasteiger partial charge in [0.1, 0.15) is 0 Å². The number of nitrogens with one attached hydrogen (secondary N) is 1. The van der Waals surface area contributed by atoms with E-state index in [0.29, 0.717) is 6.04 Å². The molecule has 0 amide bonds. The second-order valence-corrected chi connectivity index (χ2v) is 4.01. The second-order valence-electron chi connectivity index (χ2n) is 4.01. The molecular weight excluding hydrogens is 196 g/mol. The normalized spacial score (nSPS) is 13.0. The standard InChI is InChI=1S/C14H24N2/c1-4-15-14(12-16(5-2)6-3)13-10-8-7-9-11-13/h7-11,14-15H,4-6,12H2,1-3H3. The van der Waals surface area contributed by atoms with Crippen molar-refractivity contribution < 1.29 is 0 Å². The van der Waals surface area contributed by atoms with Gasteiger partial charge in [-0.05, 0) is 25.2 Å². The molecule has 2 heteroatoms. The summed E-state index contributed by atoms with van der Waals surface area (Å²) >= 11 is 0. The first-order valence-corrected chi connectivity index (χ1v) is 6.32. The SMILES string of the molecule is CCNC(CN(CC)CC)c1ccccc1. The molecule has 0 heterocycles. The summed E-state index contributed by atoms with van der Waals surface area (Å²) < 4.78 is 0. The predicted molar refractivity (Wildman–Crippen MR) is 70.6 cm³/mol. The highest BCUT2D eigenvalue weighted by atomic mass is 15.1. The van der Waals surface area contributed by atoms with E-state index in [4.69, 9.17) is 0 Å². The zero-order chi connectivity index (χ0) is 11.8. The van der Waals surface area contributed by atoms with E-state index in [1.54, 1.807) is 0 Å². The van der Waals surface area contributed by atoms with Crippen molar-refractivity contribution in [1.29, 1.82) is 0 Å². The van der Waals surface area contributed by atoms with E-state index in [0.717, 1.165) is 26.2 Å². The Morgan fingerprint density at radius 2 is 1.69 bits per heavy atom. The van der Waals surface area contributed by atoms with Gasteiger partial charge in [-0.1, -0.05) is 51.1 Å². The Kier molecular flexibility index (Phi) is 6.12. The second kappa shape index (κ2) is 7.42. The minimum absolute atomic E-state index is 0.450. The zero-order valence-electron chi connectivity index (χ0n) is 10.7. The van der Waals surface area contributed by atoms with Crippen molar-refractivity contribution in [3.05, 3.63) is 35.9 Å². The van der Waals surface area contributed by atoms with Gasteiger partial charge in [0, 0.05) is 12.6 Å². The van der Waals surface area contributed by atoms with Crippen LogP contribution in [0.5, 0.6) is 0 Å². The van der Waals surface area contributed by atoms with Crippen LogP contribution in [0, 0.1) is 0 Å². The van der Waals surface area contributed by atoms with Crippen molar-refractivity contribution in [3.63, 3.8) is 0 Å². The van der Waals surface area contributed by atoms with Gasteiger partial charge in [-0.25, -0.2) is 0 Å². The van der Waals surface area contributed by atoms with Gasteiger partial charge in [0.2, 0.25) is 0 Å². The summed E-state index contributed by atoms with van der Waals surface area (Å²) in [5.41, 5.74) is 1.39. The van der Waals surface area contributed by atoms with Gasteiger partial charge in [0.25, 0.3) is 0 Å². The Morgan fingerprint density at radius 1 is 1.06 bits per heavy atom. The fourth-order valence-electron chi connectivity index (χ4n) is 1.96. The molecule has 0 fully saturated rings. The summed E-state index contributed by atoms with van der Waals surface area (Å²) in [5.74, 6) is 0. The summed E-state index contributed by atoms with van der Waals surface area (Å²) in [6, 6.07) is 11.2. The van der Waals surface area contributed by atoms with E-state index >= 15 is 0 Å². The lowest BCUT2D eigenvalue weighted by molar-refractivity contribution is 0.267. The van der Waals surface area contributed by atoms with Crippen molar-refractivity contribution in [3.8, 4) is 0 Å². The van der Waals surface area contributed by atoms with Gasteiger partial charge >= 0.3 is 0 Å². The Balaban J connectivity index is 2.67. The number of nitrogens with zero attached hydrogens (tertiary/aromatic N) is 1. The van der Waals surface area contributed by atoms with Crippen LogP contribution in [0.25, 0.3) is 0 Å². The third-order valence-corrected chi connectivity index (χ3v) is 2.99. The van der Waals surface area contributed by atoms with Crippen LogP contribution in [0.15, 0.2) is 30.3 Å². The average molecular weight is 220 g/mol. The minimum atomic E-state index is 0.450. The molecule has 0 aliphatic heterocycles. The minimum Gasteiger partial charge on any atom is -0.309 e. The summed E-state index contributed by atoms with van der Waals surface area (Å²) in [7, 11) is 0. The summed E-state index contributed by atoms with van der Waals surface area (Å²) in [6.07, 6.45) is 0. The number of benzene rings is 1. The van der Waals surface area contributed by atoms with Crippen LogP contribution in [0.4, 0.5) is 0 Å². The number of rotatable bonds is 7. The molecule has 2 nitrogen and oxygen atoms in total. The molecule has 1 aromatic carbocycles. The van der Waals surface area contributed by atoms with Gasteiger partial charge in [-0.2, -0.15) is 0 Å². The summed E-state index contributed by atoms with van der Waals surface area (Å²) in [5, 5.41) is 3.56. The Hall–Kier alpha value is -0.860. The predicted octanol–water partition coefficient (Wildman–Crippen LogP) is 2.68. The van der Waals surface area contributed by atoms with Gasteiger partial charge in [-0.3, -0.25) is 0 Å². The molecule has 0 saturated carbocycles. The van der Waals surface area contributed by atoms with Crippen molar-refractivity contribution in [2.45, 2.75) is 26.8 Å². The van der Waals surface area contributed by atoms with Crippen molar-refractivity contribution >= 4 is 0 Å². The molecule has 0 radical (unpaired) electrons. The molecule has 90 valence electrons. The van der Waals surface area contributed by atoms with E-state index in [9.17, 15) is 0 Å². The first kappa shape index (κ1) is 13.2. The smallest absolute Gasteiger partial charge is 0.0449 e. The highest BCUT2D eigenvalue weighted by Gasteiger charge is 2.12. The van der Waals surface area contributed by atoms with Crippen LogP contribution < -0.4 is 5.32 Å². The molecule has 0 spiro atoms. The molecule has 1 unspecified atom stereocenters. The molecule has 1 N–H and O–H groups in total. The van der Waals surface area contributed by atoms with E-state index in [2.05, 4.69) is 61.3 Å². The fraction of sp³-hybridized carbons (Fsp3) is 0.571. The van der Waals surface area contributed by atoms with Crippen molar-refractivity contribution in [1.82, 2.24) is 10.2 Å². The lowest BCUT2D eigenvalue weighted by Crippen LogP contribution is -2.35. The largest absolute Gasteiger partial charge is 0.309 e. The molecular formula is C14H24N2. The maximum atomic E-state index is 3.56. The molecule has 1 rings (SSSR count). The average Bonchev–Trinajstić information content (AvgIpc) is 2.35. The number of hydrogen-bond acceptors (Lipinski definition) is 2. The molecule has 0 aliphatic carbocycles. The number of likely N-dealkylation sites (N-methyl/N-ethyl adjacent to an activating group) is 2. The lowest BCUT2D eigenvalue weighted by Gasteiger charge is -2.26. The molecule has 1 aromatic rings. The molecule has 0 saturated heterocycles. The van der Waals surface area contributed by atoms with Gasteiger partial charge in [0.15, 0.2) is 0 Å². The molecule has 0 bridgehead atoms. The third kappa shape index (κ3) is 3.95. The van der Waals surface area contributed by atoms with Crippen LogP contribution in [0.3, 0.4) is 0 Å². The lowest BCUT2D eigenvalue weighted by atomic mass is 10.1. The van der Waals surface area contributed by atoms with Crippen LogP contribution in [0.2, 0.25) is 0 Å². The highest BCUT2D eigenvalue weighted by Crippen LogP contribution is 2.13. The first-order chi connectivity index (χ1) is 7.81. The molecule has 0 aliphatic rings. The zero-order valence-corrected chi connectivity index (χ0v) is 10.7. The van der Waals surface area contributed by atoms with E-state index < -0.39 is 0 Å².